The van der Waals surface area contributed by atoms with Gasteiger partial charge in [-0.3, -0.25) is 0 Å². The van der Waals surface area contributed by atoms with Crippen LogP contribution in [0.3, 0.4) is 0 Å². The van der Waals surface area contributed by atoms with Gasteiger partial charge >= 0.3 is 6.03 Å². The third kappa shape index (κ3) is 4.26. The van der Waals surface area contributed by atoms with Crippen LogP contribution in [-0.2, 0) is 10.0 Å². The Hall–Kier alpha value is -1.54. The molecule has 0 spiro atoms. The number of carbonyl (C=O) groups is 1. The number of hydrogen-bond acceptors (Lipinski definition) is 4. The molecule has 130 valence electrons. The minimum atomic E-state index is -3.18. The van der Waals surface area contributed by atoms with Crippen LogP contribution >= 0.6 is 0 Å². The van der Waals surface area contributed by atoms with E-state index >= 15 is 0 Å². The highest BCUT2D eigenvalue weighted by Crippen LogP contribution is 2.19. The van der Waals surface area contributed by atoms with E-state index in [9.17, 15) is 13.2 Å². The Balaban J connectivity index is 1.85. The number of rotatable bonds is 5. The maximum Gasteiger partial charge on any atom is 0.317 e. The lowest BCUT2D eigenvalue weighted by Gasteiger charge is -2.36. The number of amides is 2. The largest absolute Gasteiger partial charge is 0.467 e. The zero-order valence-electron chi connectivity index (χ0n) is 13.9. The van der Waals surface area contributed by atoms with Crippen LogP contribution in [0.15, 0.2) is 22.8 Å². The quantitative estimate of drug-likeness (QED) is 0.884. The van der Waals surface area contributed by atoms with E-state index in [1.54, 1.807) is 31.2 Å². The second kappa shape index (κ2) is 7.35. The standard InChI is InChI=1S/C15H25N3O4S/c1-4-23(20,21)17(3)13-7-9-18(10-8-13)15(19)16-12(2)14-6-5-11-22-14/h5-6,11-13H,4,7-10H2,1-3H3,(H,16,19). The molecule has 0 bridgehead atoms. The molecule has 2 rings (SSSR count). The summed E-state index contributed by atoms with van der Waals surface area (Å²) in [6.07, 6.45) is 2.88. The van der Waals surface area contributed by atoms with Gasteiger partial charge in [0.25, 0.3) is 0 Å². The monoisotopic (exact) mass is 343 g/mol. The molecular weight excluding hydrogens is 318 g/mol. The third-order valence-electron chi connectivity index (χ3n) is 4.38. The van der Waals surface area contributed by atoms with E-state index in [0.29, 0.717) is 31.7 Å². The highest BCUT2D eigenvalue weighted by atomic mass is 32.2. The first-order valence-electron chi connectivity index (χ1n) is 7.89. The normalized spacial score (nSPS) is 18.2. The molecule has 1 aromatic heterocycles. The predicted molar refractivity (Wildman–Crippen MR) is 87.5 cm³/mol. The first-order chi connectivity index (χ1) is 10.8. The topological polar surface area (TPSA) is 82.9 Å². The summed E-state index contributed by atoms with van der Waals surface area (Å²) in [6.45, 7) is 4.60. The lowest BCUT2D eigenvalue weighted by atomic mass is 10.1. The lowest BCUT2D eigenvalue weighted by molar-refractivity contribution is 0.160. The van der Waals surface area contributed by atoms with Crippen molar-refractivity contribution in [2.24, 2.45) is 0 Å². The smallest absolute Gasteiger partial charge is 0.317 e. The Morgan fingerprint density at radius 3 is 2.65 bits per heavy atom. The van der Waals surface area contributed by atoms with Gasteiger partial charge in [0, 0.05) is 26.2 Å². The van der Waals surface area contributed by atoms with E-state index < -0.39 is 10.0 Å². The fourth-order valence-electron chi connectivity index (χ4n) is 2.75. The molecule has 8 heteroatoms. The maximum atomic E-state index is 12.3. The number of sulfonamides is 1. The van der Waals surface area contributed by atoms with Gasteiger partial charge in [0.1, 0.15) is 5.76 Å². The van der Waals surface area contributed by atoms with E-state index in [2.05, 4.69) is 5.32 Å². The molecule has 0 saturated carbocycles. The molecule has 1 saturated heterocycles. The van der Waals surface area contributed by atoms with Crippen LogP contribution in [0, 0.1) is 0 Å². The summed E-state index contributed by atoms with van der Waals surface area (Å²) >= 11 is 0. The minimum absolute atomic E-state index is 0.0357. The molecule has 1 atom stereocenters. The molecule has 7 nitrogen and oxygen atoms in total. The molecule has 0 aliphatic carbocycles. The third-order valence-corrected chi connectivity index (χ3v) is 6.28. The molecule has 2 heterocycles. The predicted octanol–water partition coefficient (Wildman–Crippen LogP) is 1.80. The maximum absolute atomic E-state index is 12.3. The summed E-state index contributed by atoms with van der Waals surface area (Å²) in [5.41, 5.74) is 0. The van der Waals surface area contributed by atoms with Gasteiger partial charge in [-0.1, -0.05) is 0 Å². The van der Waals surface area contributed by atoms with Crippen molar-refractivity contribution in [3.05, 3.63) is 24.2 Å². The van der Waals surface area contributed by atoms with E-state index in [4.69, 9.17) is 4.42 Å². The van der Waals surface area contributed by atoms with Gasteiger partial charge in [-0.05, 0) is 38.8 Å². The molecular formula is C15H25N3O4S. The molecule has 1 aromatic rings. The van der Waals surface area contributed by atoms with Crippen molar-refractivity contribution in [3.63, 3.8) is 0 Å². The Morgan fingerprint density at radius 1 is 1.48 bits per heavy atom. The fourth-order valence-corrected chi connectivity index (χ4v) is 3.82. The van der Waals surface area contributed by atoms with Gasteiger partial charge in [0.05, 0.1) is 18.1 Å². The van der Waals surface area contributed by atoms with Crippen LogP contribution in [0.2, 0.25) is 0 Å². The van der Waals surface area contributed by atoms with Crippen molar-refractivity contribution in [3.8, 4) is 0 Å². The van der Waals surface area contributed by atoms with Crippen LogP contribution < -0.4 is 5.32 Å². The molecule has 0 aromatic carbocycles. The Labute approximate surface area is 137 Å². The van der Waals surface area contributed by atoms with Crippen LogP contribution in [0.5, 0.6) is 0 Å². The zero-order valence-corrected chi connectivity index (χ0v) is 14.7. The van der Waals surface area contributed by atoms with Crippen molar-refractivity contribution in [1.82, 2.24) is 14.5 Å². The number of carbonyl (C=O) groups excluding carboxylic acids is 1. The number of urea groups is 1. The van der Waals surface area contributed by atoms with E-state index in [1.165, 1.54) is 4.31 Å². The summed E-state index contributed by atoms with van der Waals surface area (Å²) in [6, 6.07) is 3.23. The first-order valence-corrected chi connectivity index (χ1v) is 9.50. The Kier molecular flexibility index (Phi) is 5.69. The van der Waals surface area contributed by atoms with Crippen molar-refractivity contribution >= 4 is 16.1 Å². The van der Waals surface area contributed by atoms with Crippen molar-refractivity contribution in [1.29, 1.82) is 0 Å². The second-order valence-electron chi connectivity index (χ2n) is 5.82. The van der Waals surface area contributed by atoms with E-state index in [1.807, 2.05) is 13.0 Å². The van der Waals surface area contributed by atoms with Crippen LogP contribution in [0.4, 0.5) is 4.79 Å². The minimum Gasteiger partial charge on any atom is -0.467 e. The van der Waals surface area contributed by atoms with Crippen molar-refractivity contribution in [2.75, 3.05) is 25.9 Å². The van der Waals surface area contributed by atoms with Crippen LogP contribution in [0.1, 0.15) is 38.5 Å². The summed E-state index contributed by atoms with van der Waals surface area (Å²) in [4.78, 5) is 14.0. The lowest BCUT2D eigenvalue weighted by Crippen LogP contribution is -2.50. The Bertz CT molecular complexity index is 607. The molecule has 1 aliphatic heterocycles. The van der Waals surface area contributed by atoms with E-state index in [-0.39, 0.29) is 23.9 Å². The highest BCUT2D eigenvalue weighted by Gasteiger charge is 2.30. The first kappa shape index (κ1) is 17.8. The summed E-state index contributed by atoms with van der Waals surface area (Å²) < 4.78 is 30.6. The van der Waals surface area contributed by atoms with Crippen LogP contribution in [0.25, 0.3) is 0 Å². The zero-order chi connectivity index (χ0) is 17.0. The molecule has 1 fully saturated rings. The Morgan fingerprint density at radius 2 is 2.13 bits per heavy atom. The van der Waals surface area contributed by atoms with Gasteiger partial charge in [-0.15, -0.1) is 0 Å². The molecule has 2 amide bonds. The number of nitrogens with zero attached hydrogens (tertiary/aromatic N) is 2. The highest BCUT2D eigenvalue weighted by molar-refractivity contribution is 7.89. The molecule has 1 unspecified atom stereocenters. The van der Waals surface area contributed by atoms with Gasteiger partial charge in [-0.2, -0.15) is 0 Å². The van der Waals surface area contributed by atoms with Crippen molar-refractivity contribution in [2.45, 2.75) is 38.8 Å². The summed E-state index contributed by atoms with van der Waals surface area (Å²) in [5, 5.41) is 2.90. The van der Waals surface area contributed by atoms with Gasteiger partial charge in [0.2, 0.25) is 10.0 Å². The number of piperidine rings is 1. The average molecular weight is 343 g/mol. The average Bonchev–Trinajstić information content (AvgIpc) is 3.08. The summed E-state index contributed by atoms with van der Waals surface area (Å²) in [7, 11) is -1.56. The number of likely N-dealkylation sites (tertiary alicyclic amines) is 1. The molecule has 23 heavy (non-hydrogen) atoms. The number of hydrogen-bond donors (Lipinski definition) is 1. The number of furan rings is 1. The van der Waals surface area contributed by atoms with Gasteiger partial charge in [-0.25, -0.2) is 17.5 Å². The second-order valence-corrected chi connectivity index (χ2v) is 8.14. The molecule has 0 radical (unpaired) electrons. The summed E-state index contributed by atoms with van der Waals surface area (Å²) in [5.74, 6) is 0.812. The number of nitrogens with one attached hydrogen (secondary N) is 1. The van der Waals surface area contributed by atoms with E-state index in [0.717, 1.165) is 0 Å². The SMILES string of the molecule is CCS(=O)(=O)N(C)C1CCN(C(=O)NC(C)c2ccco2)CC1. The molecule has 1 N–H and O–H groups in total. The van der Waals surface area contributed by atoms with Gasteiger partial charge in [0.15, 0.2) is 0 Å². The fraction of sp³-hybridized carbons (Fsp3) is 0.667. The van der Waals surface area contributed by atoms with Crippen molar-refractivity contribution < 1.29 is 17.6 Å². The van der Waals surface area contributed by atoms with Gasteiger partial charge < -0.3 is 14.6 Å². The molecule has 1 aliphatic rings. The van der Waals surface area contributed by atoms with Crippen LogP contribution in [-0.4, -0.2) is 55.6 Å².